The highest BCUT2D eigenvalue weighted by atomic mass is 19.3. The highest BCUT2D eigenvalue weighted by molar-refractivity contribution is 5.79. The van der Waals surface area contributed by atoms with Gasteiger partial charge in [-0.25, -0.2) is 0 Å². The van der Waals surface area contributed by atoms with Crippen molar-refractivity contribution in [1.82, 2.24) is 10.2 Å². The topological polar surface area (TPSA) is 74.6 Å². The van der Waals surface area contributed by atoms with Crippen LogP contribution in [0.1, 0.15) is 26.3 Å². The molecule has 0 saturated heterocycles. The fraction of sp³-hybridized carbons (Fsp3) is 0.556. The Kier molecular flexibility index (Phi) is 7.77. The van der Waals surface area contributed by atoms with Crippen LogP contribution in [0, 0.1) is 17.2 Å². The van der Waals surface area contributed by atoms with Gasteiger partial charge in [-0.2, -0.15) is 14.0 Å². The molecule has 0 aliphatic rings. The molecule has 1 aromatic carbocycles. The summed E-state index contributed by atoms with van der Waals surface area (Å²) < 4.78 is 34.2. The van der Waals surface area contributed by atoms with Crippen LogP contribution in [-0.2, 0) is 11.3 Å². The molecule has 6 nitrogen and oxygen atoms in total. The molecule has 0 aromatic heterocycles. The summed E-state index contributed by atoms with van der Waals surface area (Å²) in [5.74, 6) is -0.158. The average molecular weight is 369 g/mol. The number of nitrogens with zero attached hydrogens (tertiary/aromatic N) is 2. The number of nitrogens with one attached hydrogen (secondary N) is 1. The van der Waals surface area contributed by atoms with Crippen LogP contribution in [0.4, 0.5) is 8.78 Å². The third-order valence-electron chi connectivity index (χ3n) is 4.10. The number of halogens is 2. The van der Waals surface area contributed by atoms with E-state index in [2.05, 4.69) is 16.1 Å². The molecule has 26 heavy (non-hydrogen) atoms. The first-order valence-corrected chi connectivity index (χ1v) is 8.13. The summed E-state index contributed by atoms with van der Waals surface area (Å²) in [6, 6.07) is 6.74. The van der Waals surface area contributed by atoms with E-state index in [1.54, 1.807) is 31.0 Å². The average Bonchev–Trinajstić information content (AvgIpc) is 2.55. The van der Waals surface area contributed by atoms with Gasteiger partial charge in [0.05, 0.1) is 19.7 Å². The van der Waals surface area contributed by atoms with Crippen LogP contribution >= 0.6 is 0 Å². The number of hydrogen-bond donors (Lipinski definition) is 1. The lowest BCUT2D eigenvalue weighted by molar-refractivity contribution is -0.123. The fourth-order valence-electron chi connectivity index (χ4n) is 2.25. The number of carbonyl (C=O) groups is 1. The van der Waals surface area contributed by atoms with Crippen LogP contribution in [0.3, 0.4) is 0 Å². The van der Waals surface area contributed by atoms with E-state index in [4.69, 9.17) is 4.74 Å². The number of benzene rings is 1. The van der Waals surface area contributed by atoms with E-state index in [-0.39, 0.29) is 29.9 Å². The molecule has 1 aromatic rings. The molecule has 0 aliphatic heterocycles. The third-order valence-corrected chi connectivity index (χ3v) is 4.10. The van der Waals surface area contributed by atoms with Crippen LogP contribution in [0.25, 0.3) is 0 Å². The van der Waals surface area contributed by atoms with Crippen molar-refractivity contribution in [3.63, 3.8) is 0 Å². The molecule has 0 radical (unpaired) electrons. The van der Waals surface area contributed by atoms with E-state index >= 15 is 0 Å². The number of rotatable bonds is 9. The first-order chi connectivity index (χ1) is 12.1. The van der Waals surface area contributed by atoms with Gasteiger partial charge in [-0.3, -0.25) is 9.69 Å². The number of amides is 1. The minimum atomic E-state index is -2.93. The molecule has 0 unspecified atom stereocenters. The molecule has 0 heterocycles. The number of carbonyl (C=O) groups excluding carboxylic acids is 1. The van der Waals surface area contributed by atoms with Crippen molar-refractivity contribution in [1.29, 1.82) is 5.26 Å². The Labute approximate surface area is 152 Å². The van der Waals surface area contributed by atoms with Crippen LogP contribution in [0.2, 0.25) is 0 Å². The monoisotopic (exact) mass is 369 g/mol. The van der Waals surface area contributed by atoms with E-state index in [0.29, 0.717) is 6.54 Å². The van der Waals surface area contributed by atoms with Crippen LogP contribution < -0.4 is 14.8 Å². The molecule has 1 atom stereocenters. The summed E-state index contributed by atoms with van der Waals surface area (Å²) in [7, 11) is 3.11. The lowest BCUT2D eigenvalue weighted by atomic mass is 9.90. The molecule has 0 bridgehead atoms. The van der Waals surface area contributed by atoms with Crippen molar-refractivity contribution in [2.75, 3.05) is 20.7 Å². The Hall–Kier alpha value is -2.40. The second-order valence-electron chi connectivity index (χ2n) is 6.55. The van der Waals surface area contributed by atoms with Crippen molar-refractivity contribution in [3.05, 3.63) is 23.8 Å². The Morgan fingerprint density at radius 1 is 1.38 bits per heavy atom. The van der Waals surface area contributed by atoms with E-state index < -0.39 is 12.2 Å². The van der Waals surface area contributed by atoms with Crippen molar-refractivity contribution in [2.45, 2.75) is 39.5 Å². The Morgan fingerprint density at radius 2 is 2.04 bits per heavy atom. The van der Waals surface area contributed by atoms with Crippen molar-refractivity contribution >= 4 is 5.91 Å². The Balaban J connectivity index is 2.72. The predicted molar refractivity (Wildman–Crippen MR) is 93.0 cm³/mol. The van der Waals surface area contributed by atoms with Gasteiger partial charge in [0.25, 0.3) is 0 Å². The second-order valence-corrected chi connectivity index (χ2v) is 6.55. The molecule has 8 heteroatoms. The van der Waals surface area contributed by atoms with E-state index in [0.717, 1.165) is 5.56 Å². The highest BCUT2D eigenvalue weighted by Crippen LogP contribution is 2.29. The maximum Gasteiger partial charge on any atom is 0.387 e. The summed E-state index contributed by atoms with van der Waals surface area (Å²) in [6.07, 6.45) is 0. The van der Waals surface area contributed by atoms with Crippen molar-refractivity contribution in [3.8, 4) is 17.6 Å². The number of alkyl halides is 2. The number of ether oxygens (including phenoxy) is 2. The van der Waals surface area contributed by atoms with Gasteiger partial charge in [-0.05, 0) is 37.6 Å². The number of likely N-dealkylation sites (N-methyl/N-ethyl adjacent to an activating group) is 1. The van der Waals surface area contributed by atoms with E-state index in [1.165, 1.54) is 13.2 Å². The minimum Gasteiger partial charge on any atom is -0.493 e. The molecule has 144 valence electrons. The van der Waals surface area contributed by atoms with Crippen LogP contribution in [0.15, 0.2) is 18.2 Å². The van der Waals surface area contributed by atoms with Gasteiger partial charge in [0.2, 0.25) is 5.91 Å². The molecule has 0 fully saturated rings. The molecule has 1 amide bonds. The minimum absolute atomic E-state index is 0.0339. The lowest BCUT2D eigenvalue weighted by Gasteiger charge is -2.28. The summed E-state index contributed by atoms with van der Waals surface area (Å²) >= 11 is 0. The van der Waals surface area contributed by atoms with Gasteiger partial charge in [-0.1, -0.05) is 19.9 Å². The molecule has 1 N–H and O–H groups in total. The van der Waals surface area contributed by atoms with Crippen molar-refractivity contribution in [2.24, 2.45) is 5.92 Å². The summed E-state index contributed by atoms with van der Waals surface area (Å²) in [6.45, 7) is 2.95. The van der Waals surface area contributed by atoms with Crippen molar-refractivity contribution < 1.29 is 23.0 Å². The smallest absolute Gasteiger partial charge is 0.387 e. The Morgan fingerprint density at radius 3 is 2.54 bits per heavy atom. The second kappa shape index (κ2) is 9.34. The van der Waals surface area contributed by atoms with Gasteiger partial charge in [0, 0.05) is 6.54 Å². The zero-order valence-electron chi connectivity index (χ0n) is 15.7. The van der Waals surface area contributed by atoms with Gasteiger partial charge in [0.15, 0.2) is 11.5 Å². The zero-order chi connectivity index (χ0) is 19.9. The number of nitriles is 1. The largest absolute Gasteiger partial charge is 0.493 e. The van der Waals surface area contributed by atoms with Gasteiger partial charge in [-0.15, -0.1) is 0 Å². The highest BCUT2D eigenvalue weighted by Gasteiger charge is 2.30. The van der Waals surface area contributed by atoms with Crippen LogP contribution in [-0.4, -0.2) is 43.7 Å². The molecule has 0 spiro atoms. The quantitative estimate of drug-likeness (QED) is 0.724. The molecular formula is C18H25F2N3O3. The number of methoxy groups -OCH3 is 1. The van der Waals surface area contributed by atoms with Crippen LogP contribution in [0.5, 0.6) is 11.5 Å². The van der Waals surface area contributed by atoms with Gasteiger partial charge >= 0.3 is 6.61 Å². The van der Waals surface area contributed by atoms with E-state index in [9.17, 15) is 18.8 Å². The van der Waals surface area contributed by atoms with E-state index in [1.807, 2.05) is 13.8 Å². The Bertz CT molecular complexity index is 662. The normalized spacial score (nSPS) is 13.4. The third kappa shape index (κ3) is 6.15. The SMILES string of the molecule is COc1cc(CN(C)CC(=O)N[C@@](C)(C#N)C(C)C)ccc1OC(F)F. The molecule has 0 aliphatic carbocycles. The molecule has 0 saturated carbocycles. The summed E-state index contributed by atoms with van der Waals surface area (Å²) in [4.78, 5) is 13.9. The first kappa shape index (κ1) is 21.6. The van der Waals surface area contributed by atoms with Gasteiger partial charge < -0.3 is 14.8 Å². The lowest BCUT2D eigenvalue weighted by Crippen LogP contribution is -2.51. The molecule has 1 rings (SSSR count). The van der Waals surface area contributed by atoms with Gasteiger partial charge in [0.1, 0.15) is 5.54 Å². The standard InChI is InChI=1S/C18H25F2N3O3/c1-12(2)18(3,11-21)22-16(24)10-23(4)9-13-6-7-14(26-17(19)20)15(8-13)25-5/h6-8,12,17H,9-10H2,1-5H3,(H,22,24)/t18-/m0/s1. The molecular weight excluding hydrogens is 344 g/mol. The fourth-order valence-corrected chi connectivity index (χ4v) is 2.25. The predicted octanol–water partition coefficient (Wildman–Crippen LogP) is 2.78. The summed E-state index contributed by atoms with van der Waals surface area (Å²) in [5, 5.41) is 12.0. The maximum absolute atomic E-state index is 12.4. The maximum atomic E-state index is 12.4. The zero-order valence-corrected chi connectivity index (χ0v) is 15.7. The number of hydrogen-bond acceptors (Lipinski definition) is 5. The first-order valence-electron chi connectivity index (χ1n) is 8.13. The summed E-state index contributed by atoms with van der Waals surface area (Å²) in [5.41, 5.74) is -0.166.